The van der Waals surface area contributed by atoms with Crippen LogP contribution < -0.4 is 5.32 Å². The molecule has 0 spiro atoms. The van der Waals surface area contributed by atoms with Crippen molar-refractivity contribution in [1.82, 2.24) is 44.5 Å². The lowest BCUT2D eigenvalue weighted by atomic mass is 9.83. The van der Waals surface area contributed by atoms with E-state index in [2.05, 4.69) is 5.32 Å². The van der Waals surface area contributed by atoms with Crippen LogP contribution in [0.15, 0.2) is 0 Å². The summed E-state index contributed by atoms with van der Waals surface area (Å²) in [6.45, 7) is 32.4. The van der Waals surface area contributed by atoms with Crippen LogP contribution in [0.5, 0.6) is 0 Å². The zero-order valence-electron chi connectivity index (χ0n) is 62.3. The molecule has 1 aliphatic heterocycles. The fourth-order valence-corrected chi connectivity index (χ4v) is 13.9. The third kappa shape index (κ3) is 25.2. The molecule has 14 atom stereocenters. The molecule has 1 unspecified atom stereocenters. The number of thioether (sulfide) groups is 1. The molecule has 0 aliphatic carbocycles. The Hall–Kier alpha value is -5.00. The Labute approximate surface area is 564 Å². The molecule has 1 aliphatic rings. The van der Waals surface area contributed by atoms with Crippen LogP contribution in [0.2, 0.25) is 0 Å². The molecule has 0 aromatic heterocycles. The van der Waals surface area contributed by atoms with Crippen molar-refractivity contribution in [2.24, 2.45) is 59.2 Å². The van der Waals surface area contributed by atoms with Crippen LogP contribution in [-0.2, 0) is 52.7 Å². The summed E-state index contributed by atoms with van der Waals surface area (Å²) in [5.74, 6) is -10.9. The normalized spacial score (nSPS) is 27.2. The number of Topliss-reactive ketones (excluding diaryl/α,β-unsaturated/α-hetero) is 3. The van der Waals surface area contributed by atoms with E-state index in [1.165, 1.54) is 97.5 Å². The summed E-state index contributed by atoms with van der Waals surface area (Å²) in [5, 5.41) is 24.0. The highest BCUT2D eigenvalue weighted by molar-refractivity contribution is 8.00. The summed E-state index contributed by atoms with van der Waals surface area (Å²) in [6.07, 6.45) is -0.560. The van der Waals surface area contributed by atoms with E-state index < -0.39 is 148 Å². The van der Waals surface area contributed by atoms with Crippen LogP contribution in [0.3, 0.4) is 0 Å². The molecule has 22 nitrogen and oxygen atoms in total. The van der Waals surface area contributed by atoms with Gasteiger partial charge in [0.15, 0.2) is 16.9 Å². The van der Waals surface area contributed by atoms with Crippen LogP contribution >= 0.6 is 11.8 Å². The molecular weight excluding hydrogens is 1210 g/mol. The minimum atomic E-state index is -1.52. The van der Waals surface area contributed by atoms with Crippen molar-refractivity contribution in [2.45, 2.75) is 248 Å². The van der Waals surface area contributed by atoms with Crippen LogP contribution in [0.25, 0.3) is 0 Å². The lowest BCUT2D eigenvalue weighted by Gasteiger charge is -2.42. The Morgan fingerprint density at radius 3 is 1.42 bits per heavy atom. The molecule has 0 saturated carbocycles. The first-order valence-electron chi connectivity index (χ1n) is 34.1. The van der Waals surface area contributed by atoms with Gasteiger partial charge in [-0.25, -0.2) is 0 Å². The number of nitrogens with zero attached hydrogens (tertiary/aromatic N) is 8. The number of hydrogen-bond acceptors (Lipinski definition) is 15. The predicted molar refractivity (Wildman–Crippen MR) is 368 cm³/mol. The second-order valence-corrected chi connectivity index (χ2v) is 31.2. The van der Waals surface area contributed by atoms with Gasteiger partial charge >= 0.3 is 0 Å². The van der Waals surface area contributed by atoms with Crippen LogP contribution in [0, 0.1) is 59.2 Å². The number of carbonyl (C=O) groups excluding carboxylic acids is 11. The molecule has 8 amide bonds. The highest BCUT2D eigenvalue weighted by atomic mass is 32.2. The van der Waals surface area contributed by atoms with E-state index in [1.807, 2.05) is 74.4 Å². The molecule has 0 radical (unpaired) electrons. The van der Waals surface area contributed by atoms with E-state index >= 15 is 33.6 Å². The first-order valence-corrected chi connectivity index (χ1v) is 35.2. The Balaban J connectivity index is 4.57. The van der Waals surface area contributed by atoms with Gasteiger partial charge in [-0.15, -0.1) is 11.8 Å². The van der Waals surface area contributed by atoms with Crippen molar-refractivity contribution in [2.75, 3.05) is 75.7 Å². The molecule has 1 fully saturated rings. The van der Waals surface area contributed by atoms with Crippen LogP contribution in [0.4, 0.5) is 0 Å². The smallest absolute Gasteiger partial charge is 0.256 e. The number of ketones is 3. The molecule has 3 N–H and O–H groups in total. The van der Waals surface area contributed by atoms with Crippen molar-refractivity contribution in [1.29, 1.82) is 0 Å². The SMILES string of the molecule is CCC(O)C[C@@H](C)[C@@H](C)[C@H]1C(=O)N[C@@H](CC)C(=O)N(C)[C@H](SCCN(C)C)C(=O)N(C)[C@@H](CC(C)(C)O)C(=O)C[C@@H](C(C)C)C(=O)N(C)[C@@H](CC(C)C)C(=O)C[C@@H](C)C(=O)C[C@H](C)C(=O)N(C)[C@@H](CC(C)C)C(=O)N(C)[C@@H](CC(C)C)C(=O)N(C)[C@@H](C(C)C)C(=O)N1C. The molecule has 0 aromatic rings. The monoisotopic (exact) mass is 1330 g/mol. The first-order chi connectivity index (χ1) is 42.7. The maximum Gasteiger partial charge on any atom is 0.256 e. The molecule has 0 aromatic carbocycles. The molecule has 536 valence electrons. The van der Waals surface area contributed by atoms with E-state index in [4.69, 9.17) is 0 Å². The Morgan fingerprint density at radius 1 is 0.527 bits per heavy atom. The number of aliphatic hydroxyl groups is 2. The largest absolute Gasteiger partial charge is 0.393 e. The van der Waals surface area contributed by atoms with Crippen molar-refractivity contribution < 1.29 is 63.0 Å². The van der Waals surface area contributed by atoms with Gasteiger partial charge in [0.05, 0.1) is 23.8 Å². The summed E-state index contributed by atoms with van der Waals surface area (Å²) >= 11 is 1.15. The first kappa shape index (κ1) is 86.0. The van der Waals surface area contributed by atoms with E-state index in [0.29, 0.717) is 18.7 Å². The average molecular weight is 1330 g/mol. The number of carbonyl (C=O) groups is 11. The summed E-state index contributed by atoms with van der Waals surface area (Å²) in [7, 11) is 14.1. The number of amides is 8. The van der Waals surface area contributed by atoms with Crippen LogP contribution in [-0.4, -0.2) is 249 Å². The fraction of sp³-hybridized carbons (Fsp3) is 0.843. The highest BCUT2D eigenvalue weighted by Gasteiger charge is 2.47. The number of rotatable bonds is 20. The number of aliphatic hydroxyl groups excluding tert-OH is 1. The maximum absolute atomic E-state index is 15.5. The molecule has 23 heteroatoms. The van der Waals surface area contributed by atoms with Crippen LogP contribution in [0.1, 0.15) is 189 Å². The van der Waals surface area contributed by atoms with Gasteiger partial charge in [-0.05, 0) is 108 Å². The topological polar surface area (TPSA) is 266 Å². The summed E-state index contributed by atoms with van der Waals surface area (Å²) in [4.78, 5) is 176. The third-order valence-electron chi connectivity index (χ3n) is 18.8. The number of nitrogens with one attached hydrogen (secondary N) is 1. The van der Waals surface area contributed by atoms with Crippen molar-refractivity contribution >= 4 is 76.4 Å². The van der Waals surface area contributed by atoms with Gasteiger partial charge in [0.25, 0.3) is 5.91 Å². The maximum atomic E-state index is 15.5. The number of hydrogen-bond donors (Lipinski definition) is 3. The predicted octanol–water partition coefficient (Wildman–Crippen LogP) is 6.75. The second kappa shape index (κ2) is 38.7. The minimum absolute atomic E-state index is 0.0346. The summed E-state index contributed by atoms with van der Waals surface area (Å²) < 4.78 is 0. The molecule has 93 heavy (non-hydrogen) atoms. The standard InChI is InChI=1S/C70H127N9O13S/c1-28-49(80)35-45(13)48(16)60-61(84)71-51(29-2)64(87)79(27)69(93-31-30-72(19)20)68(91)76(24)55(39-70(17,18)92)58(83)38-50(43(9)10)63(86)73(21)52(32-40(3)4)57(82)36-46(14)56(81)37-47(15)62(85)74(22)53(33-41(5)6)65(88)75(23)54(34-42(7)8)66(89)77(25)59(44(11)12)67(90)78(60)26/h40-55,59-60,69,80,92H,28-39H2,1-27H3,(H,71,84)/t45-,46-,47+,48-,49?,50+,51+,52+,53+,54+,55+,59+,60+,69-/m1/s1. The summed E-state index contributed by atoms with van der Waals surface area (Å²) in [6, 6.07) is -8.29. The lowest BCUT2D eigenvalue weighted by molar-refractivity contribution is -0.156. The van der Waals surface area contributed by atoms with Gasteiger partial charge in [-0.1, -0.05) is 111 Å². The molecule has 1 rings (SSSR count). The van der Waals surface area contributed by atoms with Crippen molar-refractivity contribution in [3.05, 3.63) is 0 Å². The van der Waals surface area contributed by atoms with Gasteiger partial charge in [-0.3, -0.25) is 52.7 Å². The van der Waals surface area contributed by atoms with Gasteiger partial charge in [-0.2, -0.15) is 0 Å². The van der Waals surface area contributed by atoms with Gasteiger partial charge in [0.1, 0.15) is 36.0 Å². The molecule has 0 bridgehead atoms. The van der Waals surface area contributed by atoms with E-state index in [-0.39, 0.29) is 93.0 Å². The lowest BCUT2D eigenvalue weighted by Crippen LogP contribution is -2.62. The molecule has 1 heterocycles. The Bertz CT molecular complexity index is 2500. The molecule has 1 saturated heterocycles. The average Bonchev–Trinajstić information content (AvgIpc) is 0.817. The Kier molecular flexibility index (Phi) is 35.8. The Morgan fingerprint density at radius 2 is 0.968 bits per heavy atom. The highest BCUT2D eigenvalue weighted by Crippen LogP contribution is 2.32. The van der Waals surface area contributed by atoms with E-state index in [1.54, 1.807) is 55.4 Å². The minimum Gasteiger partial charge on any atom is -0.393 e. The van der Waals surface area contributed by atoms with Gasteiger partial charge < -0.3 is 54.7 Å². The van der Waals surface area contributed by atoms with Gasteiger partial charge in [0.2, 0.25) is 41.4 Å². The quantitative estimate of drug-likeness (QED) is 0.114. The number of likely N-dealkylation sites (N-methyl/N-ethyl adjacent to an activating group) is 7. The molecular formula is C70H127N9O13S. The zero-order chi connectivity index (χ0) is 72.3. The second-order valence-electron chi connectivity index (χ2n) is 30.0. The van der Waals surface area contributed by atoms with E-state index in [9.17, 15) is 29.4 Å². The summed E-state index contributed by atoms with van der Waals surface area (Å²) in [5.41, 5.74) is -1.52. The van der Waals surface area contributed by atoms with Gasteiger partial charge in [0, 0.05) is 105 Å². The zero-order valence-corrected chi connectivity index (χ0v) is 63.1. The van der Waals surface area contributed by atoms with Crippen molar-refractivity contribution in [3.63, 3.8) is 0 Å². The third-order valence-corrected chi connectivity index (χ3v) is 20.1. The van der Waals surface area contributed by atoms with Crippen molar-refractivity contribution in [3.8, 4) is 0 Å². The van der Waals surface area contributed by atoms with E-state index in [0.717, 1.165) is 11.8 Å². The fourth-order valence-electron chi connectivity index (χ4n) is 12.5.